The van der Waals surface area contributed by atoms with E-state index in [4.69, 9.17) is 0 Å². The molecule has 0 aliphatic carbocycles. The van der Waals surface area contributed by atoms with E-state index < -0.39 is 0 Å². The van der Waals surface area contributed by atoms with E-state index in [1.807, 2.05) is 24.3 Å². The largest absolute Gasteiger partial charge is 0.340 e. The fourth-order valence-corrected chi connectivity index (χ4v) is 2.65. The molecule has 0 fully saturated rings. The topological polar surface area (TPSA) is 63.9 Å². The molecule has 27 heavy (non-hydrogen) atoms. The normalized spacial score (nSPS) is 11.0. The van der Waals surface area contributed by atoms with E-state index >= 15 is 0 Å². The van der Waals surface area contributed by atoms with Crippen LogP contribution in [0.4, 0.5) is 4.39 Å². The van der Waals surface area contributed by atoms with Gasteiger partial charge in [0.15, 0.2) is 0 Å². The Morgan fingerprint density at radius 3 is 2.52 bits per heavy atom. The highest BCUT2D eigenvalue weighted by atomic mass is 19.1. The molecule has 1 aromatic heterocycles. The van der Waals surface area contributed by atoms with Gasteiger partial charge in [-0.3, -0.25) is 4.79 Å². The van der Waals surface area contributed by atoms with E-state index in [2.05, 4.69) is 29.3 Å². The lowest BCUT2D eigenvalue weighted by Crippen LogP contribution is -2.30. The minimum atomic E-state index is -0.330. The molecule has 0 spiro atoms. The Bertz CT molecular complexity index is 920. The Labute approximate surface area is 157 Å². The molecule has 3 aromatic rings. The second-order valence-corrected chi connectivity index (χ2v) is 6.76. The van der Waals surface area contributed by atoms with Crippen LogP contribution in [0.2, 0.25) is 0 Å². The van der Waals surface area contributed by atoms with E-state index in [1.54, 1.807) is 25.2 Å². The van der Waals surface area contributed by atoms with Crippen molar-refractivity contribution in [2.75, 3.05) is 7.05 Å². The van der Waals surface area contributed by atoms with E-state index in [9.17, 15) is 9.18 Å². The maximum atomic E-state index is 13.7. The second kappa shape index (κ2) is 8.07. The number of hydrogen-bond acceptors (Lipinski definition) is 4. The summed E-state index contributed by atoms with van der Waals surface area (Å²) in [6.45, 7) is 4.39. The molecule has 0 aliphatic heterocycles. The zero-order valence-electron chi connectivity index (χ0n) is 15.6. The van der Waals surface area contributed by atoms with Crippen molar-refractivity contribution in [3.63, 3.8) is 0 Å². The third-order valence-corrected chi connectivity index (χ3v) is 4.36. The van der Waals surface area contributed by atoms with E-state index in [0.717, 1.165) is 5.56 Å². The molecule has 0 saturated carbocycles. The molecular weight excluding hydrogens is 345 g/mol. The van der Waals surface area contributed by atoms with Crippen LogP contribution in [0.25, 0.3) is 11.4 Å². The first-order valence-corrected chi connectivity index (χ1v) is 8.79. The van der Waals surface area contributed by atoms with Gasteiger partial charge in [-0.1, -0.05) is 56.3 Å². The maximum Gasteiger partial charge on any atom is 0.246 e. The number of rotatable bonds is 6. The molecule has 0 aliphatic rings. The Kier molecular flexibility index (Phi) is 5.59. The summed E-state index contributed by atoms with van der Waals surface area (Å²) in [6, 6.07) is 14.4. The fraction of sp³-hybridized carbons (Fsp3) is 0.300. The van der Waals surface area contributed by atoms with Gasteiger partial charge in [0.25, 0.3) is 0 Å². The van der Waals surface area contributed by atoms with Gasteiger partial charge in [0.1, 0.15) is 12.4 Å². The van der Waals surface area contributed by atoms with Crippen LogP contribution in [0, 0.1) is 5.82 Å². The number of amides is 1. The number of carbonyl (C=O) groups excluding carboxylic acids is 1. The van der Waals surface area contributed by atoms with Gasteiger partial charge in [-0.2, -0.15) is 4.80 Å². The first-order valence-electron chi connectivity index (χ1n) is 8.79. The minimum absolute atomic E-state index is 0.0535. The molecule has 7 heteroatoms. The van der Waals surface area contributed by atoms with Crippen LogP contribution in [0.3, 0.4) is 0 Å². The lowest BCUT2D eigenvalue weighted by molar-refractivity contribution is -0.131. The van der Waals surface area contributed by atoms with Gasteiger partial charge in [-0.05, 0) is 22.8 Å². The third kappa shape index (κ3) is 4.55. The quantitative estimate of drug-likeness (QED) is 0.671. The number of likely N-dealkylation sites (N-methyl/N-ethyl adjacent to an activating group) is 1. The number of benzene rings is 2. The summed E-state index contributed by atoms with van der Waals surface area (Å²) in [6.07, 6.45) is 0. The molecule has 6 nitrogen and oxygen atoms in total. The molecule has 0 bridgehead atoms. The summed E-state index contributed by atoms with van der Waals surface area (Å²) in [7, 11) is 1.62. The SMILES string of the molecule is CC(C)c1ccc(-c2nnn(CC(=O)N(C)Cc3ccccc3F)n2)cc1. The number of carbonyl (C=O) groups is 1. The van der Waals surface area contributed by atoms with Crippen LogP contribution in [-0.2, 0) is 17.9 Å². The predicted octanol–water partition coefficient (Wildman–Crippen LogP) is 3.26. The lowest BCUT2D eigenvalue weighted by atomic mass is 10.0. The summed E-state index contributed by atoms with van der Waals surface area (Å²) in [5.41, 5.74) is 2.54. The van der Waals surface area contributed by atoms with Gasteiger partial charge in [-0.25, -0.2) is 4.39 Å². The van der Waals surface area contributed by atoms with Crippen molar-refractivity contribution < 1.29 is 9.18 Å². The number of halogens is 1. The standard InChI is InChI=1S/C20H22FN5O/c1-14(2)15-8-10-16(11-9-15)20-22-24-26(23-20)13-19(27)25(3)12-17-6-4-5-7-18(17)21/h4-11,14H,12-13H2,1-3H3. The molecule has 2 aromatic carbocycles. The molecule has 0 atom stereocenters. The van der Waals surface area contributed by atoms with Gasteiger partial charge in [0.05, 0.1) is 0 Å². The van der Waals surface area contributed by atoms with Crippen molar-refractivity contribution in [1.29, 1.82) is 0 Å². The van der Waals surface area contributed by atoms with Crippen molar-refractivity contribution in [3.05, 3.63) is 65.5 Å². The van der Waals surface area contributed by atoms with E-state index in [-0.39, 0.29) is 24.8 Å². The highest BCUT2D eigenvalue weighted by Crippen LogP contribution is 2.19. The number of tetrazole rings is 1. The van der Waals surface area contributed by atoms with Gasteiger partial charge < -0.3 is 4.90 Å². The van der Waals surface area contributed by atoms with Crippen LogP contribution in [0.1, 0.15) is 30.9 Å². The molecule has 0 radical (unpaired) electrons. The molecule has 1 amide bonds. The zero-order chi connectivity index (χ0) is 19.4. The van der Waals surface area contributed by atoms with Crippen molar-refractivity contribution in [3.8, 4) is 11.4 Å². The summed E-state index contributed by atoms with van der Waals surface area (Å²) in [5.74, 6) is 0.362. The average molecular weight is 367 g/mol. The number of nitrogens with zero attached hydrogens (tertiary/aromatic N) is 5. The minimum Gasteiger partial charge on any atom is -0.340 e. The summed E-state index contributed by atoms with van der Waals surface area (Å²) < 4.78 is 13.7. The van der Waals surface area contributed by atoms with Crippen molar-refractivity contribution >= 4 is 5.91 Å². The van der Waals surface area contributed by atoms with Crippen molar-refractivity contribution in [2.45, 2.75) is 32.9 Å². The van der Waals surface area contributed by atoms with Gasteiger partial charge in [0, 0.05) is 24.7 Å². The molecule has 0 unspecified atom stereocenters. The first-order chi connectivity index (χ1) is 12.9. The van der Waals surface area contributed by atoms with Crippen molar-refractivity contribution in [2.24, 2.45) is 0 Å². The lowest BCUT2D eigenvalue weighted by Gasteiger charge is -2.17. The zero-order valence-corrected chi connectivity index (χ0v) is 15.6. The smallest absolute Gasteiger partial charge is 0.246 e. The predicted molar refractivity (Wildman–Crippen MR) is 100 cm³/mol. The van der Waals surface area contributed by atoms with Crippen molar-refractivity contribution in [1.82, 2.24) is 25.1 Å². The summed E-state index contributed by atoms with van der Waals surface area (Å²) >= 11 is 0. The molecule has 3 rings (SSSR count). The summed E-state index contributed by atoms with van der Waals surface area (Å²) in [5, 5.41) is 12.2. The molecular formula is C20H22FN5O. The van der Waals surface area contributed by atoms with Gasteiger partial charge in [-0.15, -0.1) is 10.2 Å². The Morgan fingerprint density at radius 1 is 1.15 bits per heavy atom. The Morgan fingerprint density at radius 2 is 1.85 bits per heavy atom. The average Bonchev–Trinajstić information content (AvgIpc) is 3.12. The molecule has 1 heterocycles. The van der Waals surface area contributed by atoms with Gasteiger partial charge in [0.2, 0.25) is 11.7 Å². The summed E-state index contributed by atoms with van der Waals surface area (Å²) in [4.78, 5) is 15.1. The van der Waals surface area contributed by atoms with E-state index in [0.29, 0.717) is 17.3 Å². The van der Waals surface area contributed by atoms with E-state index in [1.165, 1.54) is 21.3 Å². The highest BCUT2D eigenvalue weighted by molar-refractivity contribution is 5.75. The fourth-order valence-electron chi connectivity index (χ4n) is 2.65. The molecule has 140 valence electrons. The monoisotopic (exact) mass is 367 g/mol. The highest BCUT2D eigenvalue weighted by Gasteiger charge is 2.15. The second-order valence-electron chi connectivity index (χ2n) is 6.76. The number of hydrogen-bond donors (Lipinski definition) is 0. The van der Waals surface area contributed by atoms with Gasteiger partial charge >= 0.3 is 0 Å². The van der Waals surface area contributed by atoms with Crippen LogP contribution in [0.15, 0.2) is 48.5 Å². The van der Waals surface area contributed by atoms with Crippen LogP contribution < -0.4 is 0 Å². The first kappa shape index (κ1) is 18.7. The van der Waals surface area contributed by atoms with Crippen LogP contribution in [0.5, 0.6) is 0 Å². The maximum absolute atomic E-state index is 13.7. The molecule has 0 N–H and O–H groups in total. The Hall–Kier alpha value is -3.09. The number of aromatic nitrogens is 4. The third-order valence-electron chi connectivity index (χ3n) is 4.36. The van der Waals surface area contributed by atoms with Crippen LogP contribution >= 0.6 is 0 Å². The van der Waals surface area contributed by atoms with Crippen LogP contribution in [-0.4, -0.2) is 38.1 Å². The Balaban J connectivity index is 1.64. The molecule has 0 saturated heterocycles.